The van der Waals surface area contributed by atoms with Crippen molar-refractivity contribution in [2.75, 3.05) is 11.9 Å². The Kier molecular flexibility index (Phi) is 5.44. The molecule has 1 aromatic carbocycles. The van der Waals surface area contributed by atoms with Crippen LogP contribution < -0.4 is 10.1 Å². The Bertz CT molecular complexity index is 956. The number of hydrogen-bond acceptors (Lipinski definition) is 4. The molecular formula is C18H16Cl2N4O2. The second kappa shape index (κ2) is 7.76. The summed E-state index contributed by atoms with van der Waals surface area (Å²) in [6.07, 6.45) is 1.46. The molecule has 0 radical (unpaired) electrons. The second-order valence-corrected chi connectivity index (χ2v) is 6.54. The third kappa shape index (κ3) is 4.33. The Balaban J connectivity index is 1.74. The highest BCUT2D eigenvalue weighted by Crippen LogP contribution is 2.25. The van der Waals surface area contributed by atoms with Crippen LogP contribution in [0, 0.1) is 13.8 Å². The van der Waals surface area contributed by atoms with Crippen molar-refractivity contribution in [1.29, 1.82) is 0 Å². The van der Waals surface area contributed by atoms with E-state index in [1.165, 1.54) is 10.9 Å². The molecule has 1 amide bonds. The summed E-state index contributed by atoms with van der Waals surface area (Å²) in [5.74, 6) is 1.13. The maximum atomic E-state index is 12.3. The molecule has 0 unspecified atom stereocenters. The molecule has 0 atom stereocenters. The van der Waals surface area contributed by atoms with Gasteiger partial charge in [-0.25, -0.2) is 4.98 Å². The van der Waals surface area contributed by atoms with Gasteiger partial charge < -0.3 is 10.1 Å². The van der Waals surface area contributed by atoms with Crippen LogP contribution >= 0.6 is 23.2 Å². The van der Waals surface area contributed by atoms with Gasteiger partial charge in [0.25, 0.3) is 5.91 Å². The number of amides is 1. The van der Waals surface area contributed by atoms with Crippen molar-refractivity contribution in [1.82, 2.24) is 14.8 Å². The summed E-state index contributed by atoms with van der Waals surface area (Å²) in [5.41, 5.74) is 1.76. The van der Waals surface area contributed by atoms with Crippen molar-refractivity contribution in [2.45, 2.75) is 13.8 Å². The summed E-state index contributed by atoms with van der Waals surface area (Å²) >= 11 is 12.1. The highest BCUT2D eigenvalue weighted by atomic mass is 35.5. The lowest BCUT2D eigenvalue weighted by molar-refractivity contribution is -0.118. The lowest BCUT2D eigenvalue weighted by Gasteiger charge is -2.10. The molecule has 3 rings (SSSR count). The van der Waals surface area contributed by atoms with Crippen molar-refractivity contribution < 1.29 is 9.53 Å². The Morgan fingerprint density at radius 3 is 2.77 bits per heavy atom. The number of benzene rings is 1. The zero-order chi connectivity index (χ0) is 18.7. The fraction of sp³-hybridized carbons (Fsp3) is 0.167. The molecule has 2 heterocycles. The molecule has 0 bridgehead atoms. The highest BCUT2D eigenvalue weighted by Gasteiger charge is 2.15. The Labute approximate surface area is 160 Å². The quantitative estimate of drug-likeness (QED) is 0.708. The second-order valence-electron chi connectivity index (χ2n) is 5.70. The minimum absolute atomic E-state index is 0.130. The molecule has 0 aliphatic carbocycles. The van der Waals surface area contributed by atoms with Crippen LogP contribution in [0.25, 0.3) is 5.82 Å². The van der Waals surface area contributed by atoms with Gasteiger partial charge in [0.15, 0.2) is 12.4 Å². The van der Waals surface area contributed by atoms with E-state index in [4.69, 9.17) is 27.9 Å². The number of carbonyl (C=O) groups is 1. The average molecular weight is 391 g/mol. The Hall–Kier alpha value is -2.57. The van der Waals surface area contributed by atoms with Crippen molar-refractivity contribution in [3.8, 4) is 11.6 Å². The summed E-state index contributed by atoms with van der Waals surface area (Å²) in [6.45, 7) is 3.63. The van der Waals surface area contributed by atoms with E-state index in [2.05, 4.69) is 15.4 Å². The van der Waals surface area contributed by atoms with Crippen LogP contribution in [0.1, 0.15) is 11.3 Å². The summed E-state index contributed by atoms with van der Waals surface area (Å²) in [6, 6.07) is 10.8. The monoisotopic (exact) mass is 390 g/mol. The normalized spacial score (nSPS) is 10.6. The Morgan fingerprint density at radius 2 is 2.04 bits per heavy atom. The maximum Gasteiger partial charge on any atom is 0.263 e. The molecule has 2 aromatic heterocycles. The summed E-state index contributed by atoms with van der Waals surface area (Å²) in [5, 5.41) is 7.83. The molecular weight excluding hydrogens is 375 g/mol. The van der Waals surface area contributed by atoms with Gasteiger partial charge in [-0.2, -0.15) is 9.78 Å². The fourth-order valence-corrected chi connectivity index (χ4v) is 2.81. The largest absolute Gasteiger partial charge is 0.484 e. The van der Waals surface area contributed by atoms with Crippen LogP contribution in [-0.4, -0.2) is 27.3 Å². The lowest BCUT2D eigenvalue weighted by Crippen LogP contribution is -2.22. The number of nitrogens with one attached hydrogen (secondary N) is 1. The zero-order valence-corrected chi connectivity index (χ0v) is 15.7. The first-order chi connectivity index (χ1) is 12.4. The minimum Gasteiger partial charge on any atom is -0.484 e. The van der Waals surface area contributed by atoms with Gasteiger partial charge in [0.2, 0.25) is 0 Å². The first-order valence-electron chi connectivity index (χ1n) is 7.80. The molecule has 0 spiro atoms. The summed E-state index contributed by atoms with van der Waals surface area (Å²) in [4.78, 5) is 16.4. The van der Waals surface area contributed by atoms with Gasteiger partial charge in [-0.1, -0.05) is 35.3 Å². The number of ether oxygens (including phenoxy) is 1. The van der Waals surface area contributed by atoms with E-state index in [0.717, 1.165) is 5.56 Å². The van der Waals surface area contributed by atoms with Gasteiger partial charge in [0, 0.05) is 12.3 Å². The van der Waals surface area contributed by atoms with Gasteiger partial charge in [-0.15, -0.1) is 0 Å². The van der Waals surface area contributed by atoms with Crippen molar-refractivity contribution >= 4 is 34.9 Å². The molecule has 0 fully saturated rings. The number of carbonyl (C=O) groups excluding carboxylic acids is 1. The lowest BCUT2D eigenvalue weighted by atomic mass is 10.2. The van der Waals surface area contributed by atoms with Crippen LogP contribution in [0.3, 0.4) is 0 Å². The molecule has 1 N–H and O–H groups in total. The van der Waals surface area contributed by atoms with Gasteiger partial charge in [-0.3, -0.25) is 4.79 Å². The SMILES string of the molecule is Cc1cccc(OCC(=O)Nc2cc(C)nn2-c2ncc(Cl)cc2Cl)c1. The van der Waals surface area contributed by atoms with Crippen molar-refractivity contribution in [2.24, 2.45) is 0 Å². The molecule has 134 valence electrons. The van der Waals surface area contributed by atoms with E-state index in [1.54, 1.807) is 25.1 Å². The molecule has 26 heavy (non-hydrogen) atoms. The van der Waals surface area contributed by atoms with Gasteiger partial charge in [0.1, 0.15) is 11.6 Å². The summed E-state index contributed by atoms with van der Waals surface area (Å²) < 4.78 is 6.97. The van der Waals surface area contributed by atoms with E-state index in [-0.39, 0.29) is 12.5 Å². The van der Waals surface area contributed by atoms with Crippen LogP contribution in [0.4, 0.5) is 5.82 Å². The van der Waals surface area contributed by atoms with Crippen LogP contribution in [0.2, 0.25) is 10.0 Å². The first kappa shape index (κ1) is 18.2. The van der Waals surface area contributed by atoms with E-state index in [9.17, 15) is 4.79 Å². The number of aromatic nitrogens is 3. The zero-order valence-electron chi connectivity index (χ0n) is 14.2. The molecule has 0 saturated carbocycles. The summed E-state index contributed by atoms with van der Waals surface area (Å²) in [7, 11) is 0. The molecule has 0 saturated heterocycles. The van der Waals surface area contributed by atoms with Gasteiger partial charge in [0.05, 0.1) is 15.7 Å². The third-order valence-electron chi connectivity index (χ3n) is 3.45. The molecule has 8 heteroatoms. The predicted molar refractivity (Wildman–Crippen MR) is 101 cm³/mol. The smallest absolute Gasteiger partial charge is 0.263 e. The third-order valence-corrected chi connectivity index (χ3v) is 3.93. The highest BCUT2D eigenvalue weighted by molar-refractivity contribution is 6.35. The standard InChI is InChI=1S/C18H16Cl2N4O2/c1-11-4-3-5-14(6-11)26-10-17(25)22-16-7-12(2)23-24(16)18-15(20)8-13(19)9-21-18/h3-9H,10H2,1-2H3,(H,22,25). The molecule has 0 aliphatic heterocycles. The number of hydrogen-bond donors (Lipinski definition) is 1. The number of aryl methyl sites for hydroxylation is 2. The molecule has 3 aromatic rings. The van der Waals surface area contributed by atoms with E-state index >= 15 is 0 Å². The van der Waals surface area contributed by atoms with E-state index < -0.39 is 0 Å². The number of pyridine rings is 1. The fourth-order valence-electron chi connectivity index (χ4n) is 2.35. The maximum absolute atomic E-state index is 12.3. The number of halogens is 2. The van der Waals surface area contributed by atoms with E-state index in [1.807, 2.05) is 25.1 Å². The number of rotatable bonds is 5. The molecule has 6 nitrogen and oxygen atoms in total. The van der Waals surface area contributed by atoms with Crippen molar-refractivity contribution in [3.05, 3.63) is 63.9 Å². The molecule has 0 aliphatic rings. The topological polar surface area (TPSA) is 69.0 Å². The minimum atomic E-state index is -0.322. The van der Waals surface area contributed by atoms with Gasteiger partial charge >= 0.3 is 0 Å². The van der Waals surface area contributed by atoms with Gasteiger partial charge in [-0.05, 0) is 37.6 Å². The Morgan fingerprint density at radius 1 is 1.23 bits per heavy atom. The van der Waals surface area contributed by atoms with Crippen LogP contribution in [0.5, 0.6) is 5.75 Å². The predicted octanol–water partition coefficient (Wildman–Crippen LogP) is 4.21. The first-order valence-corrected chi connectivity index (χ1v) is 8.55. The average Bonchev–Trinajstić information content (AvgIpc) is 2.93. The number of anilines is 1. The van der Waals surface area contributed by atoms with Crippen LogP contribution in [-0.2, 0) is 4.79 Å². The van der Waals surface area contributed by atoms with E-state index in [0.29, 0.717) is 33.1 Å². The van der Waals surface area contributed by atoms with Crippen molar-refractivity contribution in [3.63, 3.8) is 0 Å². The van der Waals surface area contributed by atoms with Crippen LogP contribution in [0.15, 0.2) is 42.6 Å². The number of nitrogens with zero attached hydrogens (tertiary/aromatic N) is 3.